The van der Waals surface area contributed by atoms with E-state index in [-0.39, 0.29) is 0 Å². The maximum absolute atomic E-state index is 4.89. The van der Waals surface area contributed by atoms with Crippen LogP contribution in [0.15, 0.2) is 53.2 Å². The van der Waals surface area contributed by atoms with Crippen molar-refractivity contribution in [2.24, 2.45) is 10.9 Å². The first-order valence-electron chi connectivity index (χ1n) is 9.38. The van der Waals surface area contributed by atoms with Crippen LogP contribution in [0.5, 0.6) is 0 Å². The lowest BCUT2D eigenvalue weighted by Crippen LogP contribution is -2.35. The van der Waals surface area contributed by atoms with Gasteiger partial charge in [-0.15, -0.1) is 0 Å². The molecular formula is C23H31N. The van der Waals surface area contributed by atoms with Crippen molar-refractivity contribution in [1.82, 2.24) is 0 Å². The molecule has 0 aliphatic heterocycles. The van der Waals surface area contributed by atoms with E-state index in [1.165, 1.54) is 27.3 Å². The van der Waals surface area contributed by atoms with Gasteiger partial charge in [0.1, 0.15) is 0 Å². The second-order valence-electron chi connectivity index (χ2n) is 6.51. The maximum atomic E-state index is 4.89. The normalized spacial score (nSPS) is 18.7. The van der Waals surface area contributed by atoms with E-state index >= 15 is 0 Å². The van der Waals surface area contributed by atoms with E-state index in [1.807, 2.05) is 0 Å². The highest BCUT2D eigenvalue weighted by molar-refractivity contribution is 6.19. The summed E-state index contributed by atoms with van der Waals surface area (Å²) in [5.74, 6) is 0.539. The van der Waals surface area contributed by atoms with Crippen molar-refractivity contribution in [3.8, 4) is 0 Å². The average Bonchev–Trinajstić information content (AvgIpc) is 2.63. The third-order valence-electron chi connectivity index (χ3n) is 4.75. The first kappa shape index (κ1) is 18.4. The summed E-state index contributed by atoms with van der Waals surface area (Å²) in [6.45, 7) is 8.76. The Morgan fingerprint density at radius 1 is 1.12 bits per heavy atom. The Hall–Kier alpha value is -1.89. The quantitative estimate of drug-likeness (QED) is 0.486. The fourth-order valence-electron chi connectivity index (χ4n) is 3.19. The molecule has 1 heteroatoms. The molecule has 0 heterocycles. The van der Waals surface area contributed by atoms with Crippen LogP contribution in [0.4, 0.5) is 0 Å². The minimum absolute atomic E-state index is 0.539. The molecule has 0 spiro atoms. The number of nitrogens with zero attached hydrogens (tertiary/aromatic N) is 1. The number of aliphatic imine (C=N–C) groups is 1. The fraction of sp³-hybridized carbons (Fsp3) is 0.435. The second kappa shape index (κ2) is 9.42. The molecule has 0 amide bonds. The Morgan fingerprint density at radius 3 is 2.62 bits per heavy atom. The van der Waals surface area contributed by atoms with Gasteiger partial charge in [-0.05, 0) is 61.0 Å². The van der Waals surface area contributed by atoms with E-state index in [4.69, 9.17) is 4.99 Å². The number of fused-ring (bicyclic) bond motifs is 1. The molecular weight excluding hydrogens is 290 g/mol. The Bertz CT molecular complexity index is 746. The summed E-state index contributed by atoms with van der Waals surface area (Å²) in [6, 6.07) is 8.78. The van der Waals surface area contributed by atoms with Gasteiger partial charge in [0.05, 0.1) is 0 Å². The molecule has 0 aromatic heterocycles. The first-order valence-corrected chi connectivity index (χ1v) is 9.38. The molecule has 0 N–H and O–H groups in total. The summed E-state index contributed by atoms with van der Waals surface area (Å²) >= 11 is 0. The number of benzene rings is 1. The molecule has 1 nitrogen and oxygen atoms in total. The van der Waals surface area contributed by atoms with Crippen LogP contribution in [0, 0.1) is 5.92 Å². The lowest BCUT2D eigenvalue weighted by atomic mass is 9.83. The van der Waals surface area contributed by atoms with Crippen LogP contribution in [0.3, 0.4) is 0 Å². The zero-order valence-corrected chi connectivity index (χ0v) is 15.7. The number of allylic oxidation sites excluding steroid dienone is 3. The molecule has 1 aromatic rings. The molecule has 1 aliphatic rings. The molecule has 0 radical (unpaired) electrons. The van der Waals surface area contributed by atoms with Gasteiger partial charge in [-0.3, -0.25) is 4.99 Å². The van der Waals surface area contributed by atoms with E-state index in [0.717, 1.165) is 32.1 Å². The summed E-state index contributed by atoms with van der Waals surface area (Å²) in [5, 5.41) is 2.74. The standard InChI is InChI=1S/C23H31N/c1-5-8-9-13-20-16-15-19-12-10-11-14-21(19)23(20)22(7-3)24-17-18(4)6-2/h8-12,14-15,17,20H,5-7,13,16H2,1-4H3/b9-8?,18-17-,24-22?. The third kappa shape index (κ3) is 4.56. The summed E-state index contributed by atoms with van der Waals surface area (Å²) < 4.78 is 0. The fourth-order valence-corrected chi connectivity index (χ4v) is 3.19. The Kier molecular flexibility index (Phi) is 7.24. The second-order valence-corrected chi connectivity index (χ2v) is 6.51. The van der Waals surface area contributed by atoms with Gasteiger partial charge in [0.25, 0.3) is 0 Å². The zero-order valence-electron chi connectivity index (χ0n) is 15.7. The average molecular weight is 322 g/mol. The number of hydrogen-bond acceptors (Lipinski definition) is 1. The van der Waals surface area contributed by atoms with Gasteiger partial charge in [-0.1, -0.05) is 68.8 Å². The van der Waals surface area contributed by atoms with Crippen LogP contribution in [0.1, 0.15) is 59.8 Å². The van der Waals surface area contributed by atoms with Crippen LogP contribution in [-0.4, -0.2) is 5.71 Å². The highest BCUT2D eigenvalue weighted by atomic mass is 14.7. The largest absolute Gasteiger partial charge is 0.261 e. The zero-order chi connectivity index (χ0) is 17.4. The summed E-state index contributed by atoms with van der Waals surface area (Å²) in [6.07, 6.45) is 14.4. The maximum Gasteiger partial charge on any atom is 0.0442 e. The van der Waals surface area contributed by atoms with Crippen molar-refractivity contribution >= 4 is 17.4 Å². The molecule has 0 bridgehead atoms. The molecule has 2 rings (SSSR count). The predicted molar refractivity (Wildman–Crippen MR) is 107 cm³/mol. The summed E-state index contributed by atoms with van der Waals surface area (Å²) in [5.41, 5.74) is 4.04. The van der Waals surface area contributed by atoms with Crippen molar-refractivity contribution in [2.75, 3.05) is 0 Å². The molecule has 1 aliphatic carbocycles. The Morgan fingerprint density at radius 2 is 1.92 bits per heavy atom. The van der Waals surface area contributed by atoms with Crippen LogP contribution in [-0.2, 0) is 0 Å². The van der Waals surface area contributed by atoms with Crippen molar-refractivity contribution < 1.29 is 0 Å². The molecule has 0 saturated heterocycles. The minimum atomic E-state index is 0.539. The predicted octanol–water partition coefficient (Wildman–Crippen LogP) is 5.16. The van der Waals surface area contributed by atoms with E-state index in [1.54, 1.807) is 0 Å². The van der Waals surface area contributed by atoms with Gasteiger partial charge in [-0.2, -0.15) is 0 Å². The van der Waals surface area contributed by atoms with Crippen LogP contribution >= 0.6 is 0 Å². The first-order chi connectivity index (χ1) is 11.7. The van der Waals surface area contributed by atoms with Gasteiger partial charge >= 0.3 is 0 Å². The number of rotatable bonds is 7. The van der Waals surface area contributed by atoms with Gasteiger partial charge in [0.15, 0.2) is 0 Å². The Balaban J connectivity index is 2.55. The van der Waals surface area contributed by atoms with Crippen LogP contribution < -0.4 is 10.4 Å². The molecule has 1 aromatic carbocycles. The van der Waals surface area contributed by atoms with Crippen molar-refractivity contribution in [3.05, 3.63) is 58.6 Å². The lowest BCUT2D eigenvalue weighted by molar-refractivity contribution is 0.707. The van der Waals surface area contributed by atoms with E-state index in [2.05, 4.69) is 76.4 Å². The number of hydrogen-bond donors (Lipinski definition) is 0. The van der Waals surface area contributed by atoms with Gasteiger partial charge in [-0.25, -0.2) is 0 Å². The van der Waals surface area contributed by atoms with Gasteiger partial charge in [0.2, 0.25) is 0 Å². The SMILES string of the molecule is CCC=CCC1CC=c2ccccc2=C1C(CC)=N/C=C(/C)CC. The molecule has 1 atom stereocenters. The summed E-state index contributed by atoms with van der Waals surface area (Å²) in [4.78, 5) is 4.89. The molecule has 0 saturated carbocycles. The monoisotopic (exact) mass is 321 g/mol. The summed E-state index contributed by atoms with van der Waals surface area (Å²) in [7, 11) is 0. The van der Waals surface area contributed by atoms with E-state index < -0.39 is 0 Å². The minimum Gasteiger partial charge on any atom is -0.261 e. The van der Waals surface area contributed by atoms with Crippen LogP contribution in [0.25, 0.3) is 11.6 Å². The molecule has 128 valence electrons. The highest BCUT2D eigenvalue weighted by Crippen LogP contribution is 2.25. The molecule has 24 heavy (non-hydrogen) atoms. The highest BCUT2D eigenvalue weighted by Gasteiger charge is 2.20. The lowest BCUT2D eigenvalue weighted by Gasteiger charge is -2.22. The van der Waals surface area contributed by atoms with Crippen molar-refractivity contribution in [3.63, 3.8) is 0 Å². The molecule has 0 fully saturated rings. The Labute approximate surface area is 147 Å². The van der Waals surface area contributed by atoms with Crippen molar-refractivity contribution in [2.45, 2.75) is 59.8 Å². The van der Waals surface area contributed by atoms with E-state index in [0.29, 0.717) is 5.92 Å². The van der Waals surface area contributed by atoms with Gasteiger partial charge < -0.3 is 0 Å². The topological polar surface area (TPSA) is 12.4 Å². The molecule has 1 unspecified atom stereocenters. The van der Waals surface area contributed by atoms with E-state index in [9.17, 15) is 0 Å². The van der Waals surface area contributed by atoms with Crippen molar-refractivity contribution in [1.29, 1.82) is 0 Å². The van der Waals surface area contributed by atoms with Gasteiger partial charge in [0, 0.05) is 11.9 Å². The smallest absolute Gasteiger partial charge is 0.0442 e. The third-order valence-corrected chi connectivity index (χ3v) is 4.75. The van der Waals surface area contributed by atoms with Crippen LogP contribution in [0.2, 0.25) is 0 Å².